The van der Waals surface area contributed by atoms with E-state index >= 15 is 0 Å². The van der Waals surface area contributed by atoms with Crippen LogP contribution in [-0.2, 0) is 27.1 Å². The molecule has 1 amide bonds. The number of rotatable bonds is 9. The fourth-order valence-corrected chi connectivity index (χ4v) is 6.49. The van der Waals surface area contributed by atoms with Gasteiger partial charge in [-0.1, -0.05) is 17.3 Å². The van der Waals surface area contributed by atoms with Gasteiger partial charge in [0.1, 0.15) is 16.3 Å². The van der Waals surface area contributed by atoms with Crippen molar-refractivity contribution in [3.05, 3.63) is 80.2 Å². The van der Waals surface area contributed by atoms with Crippen molar-refractivity contribution in [3.63, 3.8) is 0 Å². The number of methoxy groups -OCH3 is 1. The number of esters is 2. The number of hydrogen-bond donors (Lipinski definition) is 1. The number of likely N-dealkylation sites (tertiary alicyclic amines) is 1. The molecule has 0 spiro atoms. The van der Waals surface area contributed by atoms with E-state index in [-0.39, 0.29) is 46.4 Å². The van der Waals surface area contributed by atoms with Crippen molar-refractivity contribution < 1.29 is 37.5 Å². The predicted molar refractivity (Wildman–Crippen MR) is 170 cm³/mol. The zero-order valence-corrected chi connectivity index (χ0v) is 27.5. The normalized spacial score (nSPS) is 14.7. The number of nitrogens with one attached hydrogen (secondary N) is 1. The standard InChI is InChI=1S/C33H35FN4O8S/c1-6-44-30(40)26-25(22-15-16-23(47-22)29(39)43-5)24(28-36-31(41)46-37-28)20(14-11-18-9-12-19(34)13-10-18)35-27(26)21-8-7-17-38(21)32(42)45-33(2,3)4/h9-10,12-13,15-16,21H,6-8,11,14,17H2,1-5H3,(H,36,37,41)/t21-/m0/s1. The van der Waals surface area contributed by atoms with Gasteiger partial charge in [0, 0.05) is 17.0 Å². The van der Waals surface area contributed by atoms with Gasteiger partial charge in [0.15, 0.2) is 5.82 Å². The highest BCUT2D eigenvalue weighted by molar-refractivity contribution is 7.17. The van der Waals surface area contributed by atoms with Crippen LogP contribution in [0.25, 0.3) is 21.8 Å². The highest BCUT2D eigenvalue weighted by Gasteiger charge is 2.39. The van der Waals surface area contributed by atoms with E-state index in [2.05, 4.69) is 10.1 Å². The van der Waals surface area contributed by atoms with Crippen LogP contribution in [0, 0.1) is 5.82 Å². The Morgan fingerprint density at radius 1 is 1.09 bits per heavy atom. The number of thiophene rings is 1. The summed E-state index contributed by atoms with van der Waals surface area (Å²) in [5.41, 5.74) is 1.37. The van der Waals surface area contributed by atoms with Crippen LogP contribution in [0.4, 0.5) is 9.18 Å². The first-order valence-corrected chi connectivity index (χ1v) is 15.9. The van der Waals surface area contributed by atoms with Crippen molar-refractivity contribution in [2.75, 3.05) is 20.3 Å². The Kier molecular flexibility index (Phi) is 9.89. The average Bonchev–Trinajstić information content (AvgIpc) is 3.80. The summed E-state index contributed by atoms with van der Waals surface area (Å²) in [6, 6.07) is 8.59. The molecule has 248 valence electrons. The molecule has 0 bridgehead atoms. The molecule has 0 saturated carbocycles. The quantitative estimate of drug-likeness (QED) is 0.163. The van der Waals surface area contributed by atoms with Gasteiger partial charge in [-0.3, -0.25) is 19.4 Å². The highest BCUT2D eigenvalue weighted by Crippen LogP contribution is 2.45. The monoisotopic (exact) mass is 666 g/mol. The van der Waals surface area contributed by atoms with E-state index < -0.39 is 35.4 Å². The lowest BCUT2D eigenvalue weighted by atomic mass is 9.91. The Morgan fingerprint density at radius 3 is 2.47 bits per heavy atom. The Balaban J connectivity index is 1.81. The fourth-order valence-electron chi connectivity index (χ4n) is 5.51. The van der Waals surface area contributed by atoms with Gasteiger partial charge in [0.25, 0.3) is 0 Å². The van der Waals surface area contributed by atoms with Crippen molar-refractivity contribution in [2.24, 2.45) is 0 Å². The third-order valence-corrected chi connectivity index (χ3v) is 8.54. The number of carbonyl (C=O) groups excluding carboxylic acids is 3. The molecule has 5 rings (SSSR count). The van der Waals surface area contributed by atoms with Gasteiger partial charge in [-0.25, -0.2) is 23.6 Å². The minimum atomic E-state index is -0.828. The summed E-state index contributed by atoms with van der Waals surface area (Å²) < 4.78 is 34.8. The second kappa shape index (κ2) is 13.9. The summed E-state index contributed by atoms with van der Waals surface area (Å²) >= 11 is 1.07. The third kappa shape index (κ3) is 7.43. The zero-order chi connectivity index (χ0) is 33.9. The molecule has 1 atom stereocenters. The molecule has 1 aliphatic heterocycles. The van der Waals surface area contributed by atoms with Gasteiger partial charge in [-0.05, 0) is 83.2 Å². The number of aromatic amines is 1. The van der Waals surface area contributed by atoms with Crippen molar-refractivity contribution >= 4 is 29.4 Å². The molecule has 0 radical (unpaired) electrons. The Bertz CT molecular complexity index is 1840. The van der Waals surface area contributed by atoms with Gasteiger partial charge >= 0.3 is 23.8 Å². The lowest BCUT2D eigenvalue weighted by Gasteiger charge is -2.30. The molecular weight excluding hydrogens is 631 g/mol. The van der Waals surface area contributed by atoms with E-state index in [1.165, 1.54) is 19.2 Å². The molecule has 4 aromatic rings. The van der Waals surface area contributed by atoms with Crippen LogP contribution in [0.3, 0.4) is 0 Å². The molecule has 1 fully saturated rings. The van der Waals surface area contributed by atoms with E-state index in [4.69, 9.17) is 23.7 Å². The lowest BCUT2D eigenvalue weighted by molar-refractivity contribution is 0.0217. The molecule has 0 aliphatic carbocycles. The van der Waals surface area contributed by atoms with Crippen LogP contribution in [0.5, 0.6) is 0 Å². The first-order valence-electron chi connectivity index (χ1n) is 15.1. The predicted octanol–water partition coefficient (Wildman–Crippen LogP) is 6.11. The van der Waals surface area contributed by atoms with Gasteiger partial charge < -0.3 is 14.2 Å². The van der Waals surface area contributed by atoms with Gasteiger partial charge in [0.2, 0.25) is 0 Å². The number of amides is 1. The number of halogens is 1. The first-order chi connectivity index (χ1) is 22.4. The van der Waals surface area contributed by atoms with Crippen LogP contribution < -0.4 is 5.76 Å². The maximum Gasteiger partial charge on any atom is 0.439 e. The highest BCUT2D eigenvalue weighted by atomic mass is 32.1. The van der Waals surface area contributed by atoms with Crippen LogP contribution in [0.2, 0.25) is 0 Å². The van der Waals surface area contributed by atoms with Gasteiger partial charge in [-0.2, -0.15) is 0 Å². The van der Waals surface area contributed by atoms with Crippen LogP contribution in [0.15, 0.2) is 45.7 Å². The van der Waals surface area contributed by atoms with E-state index in [9.17, 15) is 23.6 Å². The molecule has 14 heteroatoms. The summed E-state index contributed by atoms with van der Waals surface area (Å²) in [4.78, 5) is 62.1. The minimum absolute atomic E-state index is 0.00661. The Morgan fingerprint density at radius 2 is 1.83 bits per heavy atom. The van der Waals surface area contributed by atoms with Crippen LogP contribution >= 0.6 is 11.3 Å². The Labute approximate surface area is 273 Å². The number of carbonyl (C=O) groups is 3. The SMILES string of the molecule is CCOC(=O)c1c([C@@H]2CCCN2C(=O)OC(C)(C)C)nc(CCc2ccc(F)cc2)c(-c2noc(=O)[nH]2)c1-c1ccc(C(=O)OC)s1. The summed E-state index contributed by atoms with van der Waals surface area (Å²) in [5, 5.41) is 3.96. The van der Waals surface area contributed by atoms with E-state index in [1.54, 1.807) is 56.9 Å². The molecule has 1 aromatic carbocycles. The van der Waals surface area contributed by atoms with Gasteiger partial charge in [-0.15, -0.1) is 11.3 Å². The largest absolute Gasteiger partial charge is 0.465 e. The smallest absolute Gasteiger partial charge is 0.439 e. The van der Waals surface area contributed by atoms with Crippen molar-refractivity contribution in [1.82, 2.24) is 20.0 Å². The molecule has 4 heterocycles. The van der Waals surface area contributed by atoms with E-state index in [0.29, 0.717) is 41.9 Å². The number of pyridine rings is 1. The number of benzene rings is 1. The van der Waals surface area contributed by atoms with Crippen molar-refractivity contribution in [2.45, 2.75) is 65.0 Å². The van der Waals surface area contributed by atoms with Crippen LogP contribution in [-0.4, -0.2) is 63.9 Å². The third-order valence-electron chi connectivity index (χ3n) is 7.46. The zero-order valence-electron chi connectivity index (χ0n) is 26.7. The topological polar surface area (TPSA) is 154 Å². The number of nitrogens with zero attached hydrogens (tertiary/aromatic N) is 3. The van der Waals surface area contributed by atoms with E-state index in [1.807, 2.05) is 0 Å². The van der Waals surface area contributed by atoms with Crippen LogP contribution in [0.1, 0.15) is 83.6 Å². The van der Waals surface area contributed by atoms with E-state index in [0.717, 1.165) is 16.9 Å². The summed E-state index contributed by atoms with van der Waals surface area (Å²) in [7, 11) is 1.26. The lowest BCUT2D eigenvalue weighted by Crippen LogP contribution is -2.37. The van der Waals surface area contributed by atoms with Gasteiger partial charge in [0.05, 0.1) is 42.3 Å². The number of aromatic nitrogens is 3. The number of H-pyrrole nitrogens is 1. The maximum atomic E-state index is 14.0. The molecule has 1 N–H and O–H groups in total. The summed E-state index contributed by atoms with van der Waals surface area (Å²) in [6.07, 6.45) is 1.21. The number of aryl methyl sites for hydroxylation is 2. The number of hydrogen-bond acceptors (Lipinski definition) is 11. The summed E-state index contributed by atoms with van der Waals surface area (Å²) in [5.74, 6) is -2.49. The Hall–Kier alpha value is -4.85. The summed E-state index contributed by atoms with van der Waals surface area (Å²) in [6.45, 7) is 7.39. The average molecular weight is 667 g/mol. The fraction of sp³-hybridized carbons (Fsp3) is 0.394. The molecule has 12 nitrogen and oxygen atoms in total. The molecular formula is C33H35FN4O8S. The molecule has 1 saturated heterocycles. The molecule has 3 aromatic heterocycles. The number of ether oxygens (including phenoxy) is 3. The second-order valence-corrected chi connectivity index (χ2v) is 12.9. The minimum Gasteiger partial charge on any atom is -0.465 e. The first kappa shape index (κ1) is 33.5. The van der Waals surface area contributed by atoms with Crippen molar-refractivity contribution in [1.29, 1.82) is 0 Å². The molecule has 1 aliphatic rings. The molecule has 47 heavy (non-hydrogen) atoms. The molecule has 0 unspecified atom stereocenters. The second-order valence-electron chi connectivity index (χ2n) is 11.8. The van der Waals surface area contributed by atoms with Crippen molar-refractivity contribution in [3.8, 4) is 21.8 Å². The maximum absolute atomic E-state index is 14.0.